The van der Waals surface area contributed by atoms with Crippen LogP contribution in [0, 0.1) is 11.3 Å². The third-order valence-corrected chi connectivity index (χ3v) is 1.84. The molecule has 74 valence electrons. The van der Waals surface area contributed by atoms with E-state index in [1.165, 1.54) is 6.20 Å². The molecule has 3 N–H and O–H groups in total. The van der Waals surface area contributed by atoms with Gasteiger partial charge in [-0.2, -0.15) is 10.4 Å². The molecule has 0 aliphatic carbocycles. The molecule has 2 heterocycles. The Kier molecular flexibility index (Phi) is 2.21. The molecule has 2 rings (SSSR count). The van der Waals surface area contributed by atoms with Crippen LogP contribution in [0.5, 0.6) is 0 Å². The lowest BCUT2D eigenvalue weighted by Gasteiger charge is -1.99. The lowest BCUT2D eigenvalue weighted by molar-refractivity contribution is 0.102. The van der Waals surface area contributed by atoms with E-state index in [2.05, 4.69) is 20.5 Å². The van der Waals surface area contributed by atoms with Crippen molar-refractivity contribution < 1.29 is 4.79 Å². The second-order valence-electron chi connectivity index (χ2n) is 2.81. The van der Waals surface area contributed by atoms with Crippen molar-refractivity contribution in [2.75, 3.05) is 5.32 Å². The molecule has 15 heavy (non-hydrogen) atoms. The number of carbonyl (C=O) groups is 1. The van der Waals surface area contributed by atoms with Crippen molar-refractivity contribution in [2.24, 2.45) is 0 Å². The van der Waals surface area contributed by atoms with Crippen molar-refractivity contribution >= 4 is 11.7 Å². The summed E-state index contributed by atoms with van der Waals surface area (Å²) in [6.45, 7) is 0. The van der Waals surface area contributed by atoms with Crippen LogP contribution in [0.1, 0.15) is 16.1 Å². The van der Waals surface area contributed by atoms with Gasteiger partial charge in [0, 0.05) is 6.20 Å². The summed E-state index contributed by atoms with van der Waals surface area (Å²) in [4.78, 5) is 14.3. The fourth-order valence-electron chi connectivity index (χ4n) is 1.12. The van der Waals surface area contributed by atoms with Gasteiger partial charge in [-0.15, -0.1) is 0 Å². The Hall–Kier alpha value is -2.55. The van der Waals surface area contributed by atoms with Gasteiger partial charge in [0.05, 0.1) is 6.20 Å². The van der Waals surface area contributed by atoms with Crippen molar-refractivity contribution in [3.8, 4) is 6.07 Å². The average molecular weight is 201 g/mol. The van der Waals surface area contributed by atoms with Crippen molar-refractivity contribution in [1.29, 1.82) is 5.26 Å². The summed E-state index contributed by atoms with van der Waals surface area (Å²) < 4.78 is 0. The molecule has 0 spiro atoms. The number of anilines is 1. The molecule has 6 heteroatoms. The summed E-state index contributed by atoms with van der Waals surface area (Å²) >= 11 is 0. The number of nitrogens with one attached hydrogen (secondary N) is 3. The Balaban J connectivity index is 2.17. The van der Waals surface area contributed by atoms with Crippen molar-refractivity contribution in [2.45, 2.75) is 0 Å². The minimum Gasteiger partial charge on any atom is -0.357 e. The van der Waals surface area contributed by atoms with Gasteiger partial charge in [-0.1, -0.05) is 0 Å². The standard InChI is InChI=1S/C9H7N5O/c10-4-6-5-12-14-8(6)13-9(15)7-2-1-3-11-7/h1-3,5,11H,(H2,12,13,14,15). The summed E-state index contributed by atoms with van der Waals surface area (Å²) in [5.74, 6) is -0.0159. The molecular formula is C9H7N5O. The van der Waals surface area contributed by atoms with Gasteiger partial charge in [0.25, 0.3) is 5.91 Å². The highest BCUT2D eigenvalue weighted by Crippen LogP contribution is 2.10. The third-order valence-electron chi connectivity index (χ3n) is 1.84. The van der Waals surface area contributed by atoms with Crippen LogP contribution < -0.4 is 5.32 Å². The average Bonchev–Trinajstić information content (AvgIpc) is 2.87. The summed E-state index contributed by atoms with van der Waals surface area (Å²) in [5.41, 5.74) is 0.725. The number of aromatic nitrogens is 3. The Morgan fingerprint density at radius 3 is 3.13 bits per heavy atom. The third kappa shape index (κ3) is 1.71. The van der Waals surface area contributed by atoms with E-state index >= 15 is 0 Å². The highest BCUT2D eigenvalue weighted by molar-refractivity contribution is 6.02. The van der Waals surface area contributed by atoms with Crippen LogP contribution in [0.4, 0.5) is 5.82 Å². The molecule has 0 aliphatic rings. The molecule has 0 fully saturated rings. The zero-order chi connectivity index (χ0) is 10.7. The smallest absolute Gasteiger partial charge is 0.273 e. The van der Waals surface area contributed by atoms with Crippen LogP contribution >= 0.6 is 0 Å². The van der Waals surface area contributed by atoms with Crippen molar-refractivity contribution in [3.63, 3.8) is 0 Å². The van der Waals surface area contributed by atoms with Gasteiger partial charge in [0.2, 0.25) is 0 Å². The Bertz CT molecular complexity index is 505. The summed E-state index contributed by atoms with van der Waals surface area (Å²) in [7, 11) is 0. The van der Waals surface area contributed by atoms with Crippen LogP contribution in [0.3, 0.4) is 0 Å². The van der Waals surface area contributed by atoms with E-state index in [9.17, 15) is 4.79 Å². The molecule has 0 atom stereocenters. The first-order valence-corrected chi connectivity index (χ1v) is 4.19. The van der Waals surface area contributed by atoms with E-state index in [1.807, 2.05) is 6.07 Å². The fraction of sp³-hybridized carbons (Fsp3) is 0. The topological polar surface area (TPSA) is 97.4 Å². The minimum atomic E-state index is -0.319. The van der Waals surface area contributed by atoms with Crippen molar-refractivity contribution in [3.05, 3.63) is 35.8 Å². The van der Waals surface area contributed by atoms with Gasteiger partial charge >= 0.3 is 0 Å². The van der Waals surface area contributed by atoms with Crippen LogP contribution in [-0.4, -0.2) is 21.1 Å². The number of aromatic amines is 2. The largest absolute Gasteiger partial charge is 0.357 e. The monoisotopic (exact) mass is 201 g/mol. The van der Waals surface area contributed by atoms with Gasteiger partial charge in [0.1, 0.15) is 23.1 Å². The zero-order valence-corrected chi connectivity index (χ0v) is 7.61. The molecule has 0 radical (unpaired) electrons. The fourth-order valence-corrected chi connectivity index (χ4v) is 1.12. The molecule has 2 aromatic rings. The van der Waals surface area contributed by atoms with E-state index in [0.29, 0.717) is 17.1 Å². The zero-order valence-electron chi connectivity index (χ0n) is 7.61. The lowest BCUT2D eigenvalue weighted by atomic mass is 10.3. The van der Waals surface area contributed by atoms with Crippen LogP contribution in [0.2, 0.25) is 0 Å². The first kappa shape index (κ1) is 9.02. The number of nitrogens with zero attached hydrogens (tertiary/aromatic N) is 2. The second kappa shape index (κ2) is 3.67. The number of amides is 1. The molecule has 0 bridgehead atoms. The molecule has 6 nitrogen and oxygen atoms in total. The quantitative estimate of drug-likeness (QED) is 0.672. The van der Waals surface area contributed by atoms with Crippen LogP contribution in [0.25, 0.3) is 0 Å². The van der Waals surface area contributed by atoms with E-state index in [0.717, 1.165) is 0 Å². The maximum Gasteiger partial charge on any atom is 0.273 e. The van der Waals surface area contributed by atoms with E-state index < -0.39 is 0 Å². The molecule has 0 saturated carbocycles. The first-order chi connectivity index (χ1) is 7.31. The van der Waals surface area contributed by atoms with Gasteiger partial charge in [-0.05, 0) is 12.1 Å². The summed E-state index contributed by atoms with van der Waals surface area (Å²) in [6, 6.07) is 5.26. The van der Waals surface area contributed by atoms with Gasteiger partial charge in [0.15, 0.2) is 0 Å². The number of rotatable bonds is 2. The van der Waals surface area contributed by atoms with E-state index in [1.54, 1.807) is 18.3 Å². The minimum absolute atomic E-state index is 0.301. The number of carbonyl (C=O) groups excluding carboxylic acids is 1. The van der Waals surface area contributed by atoms with E-state index in [4.69, 9.17) is 5.26 Å². The summed E-state index contributed by atoms with van der Waals surface area (Å²) in [6.07, 6.45) is 3.00. The second-order valence-corrected chi connectivity index (χ2v) is 2.81. The van der Waals surface area contributed by atoms with Crippen LogP contribution in [-0.2, 0) is 0 Å². The highest BCUT2D eigenvalue weighted by atomic mass is 16.1. The molecule has 0 unspecified atom stereocenters. The van der Waals surface area contributed by atoms with Crippen LogP contribution in [0.15, 0.2) is 24.5 Å². The SMILES string of the molecule is N#Cc1cn[nH]c1NC(=O)c1ccc[nH]1. The predicted molar refractivity (Wildman–Crippen MR) is 52.0 cm³/mol. The number of hydrogen-bond donors (Lipinski definition) is 3. The Morgan fingerprint density at radius 2 is 2.47 bits per heavy atom. The van der Waals surface area contributed by atoms with E-state index in [-0.39, 0.29) is 5.91 Å². The number of nitriles is 1. The maximum absolute atomic E-state index is 11.5. The Morgan fingerprint density at radius 1 is 1.60 bits per heavy atom. The molecule has 1 amide bonds. The first-order valence-electron chi connectivity index (χ1n) is 4.19. The molecule has 2 aromatic heterocycles. The Labute approximate surface area is 84.9 Å². The molecule has 0 aliphatic heterocycles. The normalized spacial score (nSPS) is 9.53. The van der Waals surface area contributed by atoms with Crippen molar-refractivity contribution in [1.82, 2.24) is 15.2 Å². The van der Waals surface area contributed by atoms with Gasteiger partial charge in [-0.25, -0.2) is 0 Å². The predicted octanol–water partition coefficient (Wildman–Crippen LogP) is 0.862. The number of hydrogen-bond acceptors (Lipinski definition) is 3. The maximum atomic E-state index is 11.5. The molecular weight excluding hydrogens is 194 g/mol. The molecule has 0 aromatic carbocycles. The number of H-pyrrole nitrogens is 2. The van der Waals surface area contributed by atoms with Gasteiger partial charge in [-0.3, -0.25) is 9.89 Å². The van der Waals surface area contributed by atoms with Gasteiger partial charge < -0.3 is 10.3 Å². The summed E-state index contributed by atoms with van der Waals surface area (Å²) in [5, 5.41) is 17.4. The molecule has 0 saturated heterocycles. The lowest BCUT2D eigenvalue weighted by Crippen LogP contribution is -2.13. The highest BCUT2D eigenvalue weighted by Gasteiger charge is 2.10.